The van der Waals surface area contributed by atoms with Crippen LogP contribution < -0.4 is 10.2 Å². The van der Waals surface area contributed by atoms with Crippen LogP contribution in [0.4, 0.5) is 5.69 Å². The number of hydrogen-bond acceptors (Lipinski definition) is 6. The minimum absolute atomic E-state index is 0.190. The molecule has 8 heteroatoms. The van der Waals surface area contributed by atoms with E-state index in [4.69, 9.17) is 4.74 Å². The highest BCUT2D eigenvalue weighted by Crippen LogP contribution is 2.36. The number of Topliss-reactive ketones (excluding diaryl/α,β-unsaturated/α-hetero) is 1. The van der Waals surface area contributed by atoms with Gasteiger partial charge in [-0.3, -0.25) is 14.5 Å². The summed E-state index contributed by atoms with van der Waals surface area (Å²) in [5, 5.41) is 3.05. The first-order valence-electron chi connectivity index (χ1n) is 16.4. The number of aliphatic imine (C=N–C) groups is 1. The molecule has 2 amide bonds. The fourth-order valence-corrected chi connectivity index (χ4v) is 7.07. The number of rotatable bonds is 10. The summed E-state index contributed by atoms with van der Waals surface area (Å²) in [6.07, 6.45) is 6.69. The number of carbonyl (C=O) groups is 3. The monoisotopic (exact) mass is 612 g/mol. The molecule has 2 aliphatic heterocycles. The lowest BCUT2D eigenvalue weighted by Gasteiger charge is -2.37. The van der Waals surface area contributed by atoms with E-state index in [0.717, 1.165) is 86.5 Å². The van der Waals surface area contributed by atoms with Crippen LogP contribution in [-0.4, -0.2) is 74.1 Å². The van der Waals surface area contributed by atoms with E-state index in [1.165, 1.54) is 5.56 Å². The number of nitrogens with one attached hydrogen (secondary N) is 1. The van der Waals surface area contributed by atoms with E-state index in [2.05, 4.69) is 57.5 Å². The predicted molar refractivity (Wildman–Crippen MR) is 180 cm³/mol. The van der Waals surface area contributed by atoms with E-state index in [1.54, 1.807) is 6.92 Å². The maximum Gasteiger partial charge on any atom is 0.254 e. The van der Waals surface area contributed by atoms with Gasteiger partial charge in [0.15, 0.2) is 0 Å². The van der Waals surface area contributed by atoms with Gasteiger partial charge in [-0.15, -0.1) is 0 Å². The molecule has 1 aliphatic carbocycles. The number of amides is 2. The van der Waals surface area contributed by atoms with Crippen LogP contribution in [0.25, 0.3) is 11.1 Å². The van der Waals surface area contributed by atoms with Crippen LogP contribution in [0.15, 0.2) is 53.0 Å². The highest BCUT2D eigenvalue weighted by molar-refractivity contribution is 6.06. The van der Waals surface area contributed by atoms with E-state index in [0.29, 0.717) is 29.7 Å². The number of allylic oxidation sites excluding steroid dienone is 1. The van der Waals surface area contributed by atoms with Crippen LogP contribution in [0.5, 0.6) is 0 Å². The normalized spacial score (nSPS) is 22.4. The topological polar surface area (TPSA) is 91.3 Å². The molecule has 1 unspecified atom stereocenters. The molecule has 1 saturated heterocycles. The number of morpholine rings is 1. The first-order valence-corrected chi connectivity index (χ1v) is 16.4. The van der Waals surface area contributed by atoms with E-state index in [9.17, 15) is 14.4 Å². The van der Waals surface area contributed by atoms with Crippen LogP contribution in [0.2, 0.25) is 0 Å². The third kappa shape index (κ3) is 8.16. The second-order valence-corrected chi connectivity index (χ2v) is 13.2. The van der Waals surface area contributed by atoms with Crippen molar-refractivity contribution < 1.29 is 19.1 Å². The zero-order chi connectivity index (χ0) is 32.1. The third-order valence-corrected chi connectivity index (χ3v) is 9.78. The predicted octanol–water partition coefficient (Wildman–Crippen LogP) is 5.76. The summed E-state index contributed by atoms with van der Waals surface area (Å²) < 4.78 is 5.50. The Bertz CT molecular complexity index is 1460. The molecule has 1 N–H and O–H groups in total. The van der Waals surface area contributed by atoms with Crippen molar-refractivity contribution in [1.29, 1.82) is 0 Å². The zero-order valence-corrected chi connectivity index (χ0v) is 27.5. The van der Waals surface area contributed by atoms with Gasteiger partial charge in [0.25, 0.3) is 11.8 Å². The van der Waals surface area contributed by atoms with Gasteiger partial charge in [0.1, 0.15) is 5.78 Å². The van der Waals surface area contributed by atoms with Crippen molar-refractivity contribution in [1.82, 2.24) is 10.2 Å². The van der Waals surface area contributed by atoms with Gasteiger partial charge in [0.05, 0.1) is 19.1 Å². The van der Waals surface area contributed by atoms with E-state index in [1.807, 2.05) is 32.9 Å². The minimum Gasteiger partial charge on any atom is -0.379 e. The van der Waals surface area contributed by atoms with Crippen LogP contribution in [0.1, 0.15) is 74.4 Å². The standard InChI is InChI=1S/C37H48N4O4/c1-24-18-25(2)39-37(44)34(24)22-38-36(43)33-20-31(30-10-6-29(7-11-30)23-41-14-16-45-17-15-41)21-35(27(33)4)40(5)32-12-8-28(9-13-32)19-26(3)42/h6-7,10-11,18,20-21,28,32,34H,8-9,12-17,19,22-23H2,1-5H3,(H,38,43). The number of hydrogen-bond donors (Lipinski definition) is 1. The molecule has 8 nitrogen and oxygen atoms in total. The Labute approximate surface area is 267 Å². The number of ether oxygens (including phenoxy) is 1. The molecule has 5 rings (SSSR count). The largest absolute Gasteiger partial charge is 0.379 e. The average molecular weight is 613 g/mol. The summed E-state index contributed by atoms with van der Waals surface area (Å²) in [6, 6.07) is 13.2. The number of anilines is 1. The molecule has 240 valence electrons. The number of dihydropyridines is 1. The van der Waals surface area contributed by atoms with Crippen molar-refractivity contribution in [2.24, 2.45) is 16.8 Å². The molecule has 2 heterocycles. The van der Waals surface area contributed by atoms with Crippen molar-refractivity contribution in [2.45, 2.75) is 72.4 Å². The molecule has 3 aliphatic rings. The number of nitrogens with zero attached hydrogens (tertiary/aromatic N) is 3. The molecule has 2 fully saturated rings. The lowest BCUT2D eigenvalue weighted by Crippen LogP contribution is -2.37. The number of ketones is 1. The Morgan fingerprint density at radius 2 is 1.69 bits per heavy atom. The Balaban J connectivity index is 1.40. The van der Waals surface area contributed by atoms with E-state index in [-0.39, 0.29) is 24.1 Å². The summed E-state index contributed by atoms with van der Waals surface area (Å²) in [5.41, 5.74) is 7.48. The quantitative estimate of drug-likeness (QED) is 0.367. The van der Waals surface area contributed by atoms with Gasteiger partial charge in [0.2, 0.25) is 0 Å². The highest BCUT2D eigenvalue weighted by Gasteiger charge is 2.28. The van der Waals surface area contributed by atoms with Crippen LogP contribution in [0.3, 0.4) is 0 Å². The first kappa shape index (κ1) is 32.8. The molecule has 2 aromatic carbocycles. The lowest BCUT2D eigenvalue weighted by atomic mass is 9.82. The Morgan fingerprint density at radius 3 is 2.33 bits per heavy atom. The summed E-state index contributed by atoms with van der Waals surface area (Å²) in [5.74, 6) is -0.122. The molecule has 0 bridgehead atoms. The van der Waals surface area contributed by atoms with Crippen molar-refractivity contribution in [2.75, 3.05) is 44.8 Å². The van der Waals surface area contributed by atoms with Crippen molar-refractivity contribution in [3.63, 3.8) is 0 Å². The third-order valence-electron chi connectivity index (χ3n) is 9.78. The van der Waals surface area contributed by atoms with E-state index >= 15 is 0 Å². The molecule has 2 aromatic rings. The van der Waals surface area contributed by atoms with Gasteiger partial charge in [-0.2, -0.15) is 0 Å². The molecular formula is C37H48N4O4. The molecule has 0 aromatic heterocycles. The maximum absolute atomic E-state index is 13.8. The smallest absolute Gasteiger partial charge is 0.254 e. The average Bonchev–Trinajstić information content (AvgIpc) is 3.01. The lowest BCUT2D eigenvalue weighted by molar-refractivity contribution is -0.120. The maximum atomic E-state index is 13.8. The Kier molecular flexibility index (Phi) is 10.7. The second-order valence-electron chi connectivity index (χ2n) is 13.2. The minimum atomic E-state index is -0.451. The van der Waals surface area contributed by atoms with Gasteiger partial charge in [-0.05, 0) is 99.8 Å². The van der Waals surface area contributed by atoms with Gasteiger partial charge in [-0.25, -0.2) is 4.99 Å². The van der Waals surface area contributed by atoms with E-state index < -0.39 is 5.92 Å². The molecule has 1 saturated carbocycles. The number of carbonyl (C=O) groups excluding carboxylic acids is 3. The fourth-order valence-electron chi connectivity index (χ4n) is 7.07. The molecule has 0 radical (unpaired) electrons. The van der Waals surface area contributed by atoms with Gasteiger partial charge in [0, 0.05) is 62.7 Å². The van der Waals surface area contributed by atoms with Gasteiger partial charge >= 0.3 is 0 Å². The zero-order valence-electron chi connectivity index (χ0n) is 27.5. The fraction of sp³-hybridized carbons (Fsp3) is 0.514. The van der Waals surface area contributed by atoms with Crippen molar-refractivity contribution in [3.05, 3.63) is 64.7 Å². The van der Waals surface area contributed by atoms with Gasteiger partial charge < -0.3 is 19.7 Å². The van der Waals surface area contributed by atoms with Gasteiger partial charge in [-0.1, -0.05) is 29.8 Å². The molecule has 45 heavy (non-hydrogen) atoms. The summed E-state index contributed by atoms with van der Waals surface area (Å²) in [6.45, 7) is 12.0. The number of benzene rings is 2. The SMILES string of the molecule is CC(=O)CC1CCC(N(C)c2cc(-c3ccc(CN4CCOCC4)cc3)cc(C(=O)NCC3C(=O)N=C(C)C=C3C)c2C)CC1. The molecule has 1 atom stereocenters. The summed E-state index contributed by atoms with van der Waals surface area (Å²) in [4.78, 5) is 47.0. The highest BCUT2D eigenvalue weighted by atomic mass is 16.5. The Morgan fingerprint density at radius 1 is 1.00 bits per heavy atom. The summed E-state index contributed by atoms with van der Waals surface area (Å²) in [7, 11) is 2.13. The van der Waals surface area contributed by atoms with Crippen LogP contribution >= 0.6 is 0 Å². The second kappa shape index (κ2) is 14.6. The first-order chi connectivity index (χ1) is 21.6. The molecule has 0 spiro atoms. The van der Waals surface area contributed by atoms with Crippen molar-refractivity contribution in [3.8, 4) is 11.1 Å². The van der Waals surface area contributed by atoms with Crippen molar-refractivity contribution >= 4 is 29.0 Å². The summed E-state index contributed by atoms with van der Waals surface area (Å²) >= 11 is 0. The van der Waals surface area contributed by atoms with Crippen LogP contribution in [0, 0.1) is 18.8 Å². The Hall–Kier alpha value is -3.62. The molecular weight excluding hydrogens is 564 g/mol. The van der Waals surface area contributed by atoms with Crippen LogP contribution in [-0.2, 0) is 20.9 Å².